The van der Waals surface area contributed by atoms with Crippen molar-refractivity contribution in [1.29, 1.82) is 0 Å². The Bertz CT molecular complexity index is 580. The molecular formula is C16H15NO2. The fourth-order valence-electron chi connectivity index (χ4n) is 2.32. The van der Waals surface area contributed by atoms with Gasteiger partial charge in [-0.3, -0.25) is 4.79 Å². The van der Waals surface area contributed by atoms with Gasteiger partial charge >= 0.3 is 0 Å². The summed E-state index contributed by atoms with van der Waals surface area (Å²) in [7, 11) is 0. The number of amides is 1. The van der Waals surface area contributed by atoms with Crippen LogP contribution in [0, 0.1) is 0 Å². The Balaban J connectivity index is 1.80. The van der Waals surface area contributed by atoms with Crippen molar-refractivity contribution in [1.82, 2.24) is 5.32 Å². The maximum absolute atomic E-state index is 12.2. The van der Waals surface area contributed by atoms with Crippen LogP contribution in [-0.4, -0.2) is 12.5 Å². The lowest BCUT2D eigenvalue weighted by molar-refractivity contribution is 0.0925. The Morgan fingerprint density at radius 2 is 1.79 bits per heavy atom. The van der Waals surface area contributed by atoms with Gasteiger partial charge in [0.2, 0.25) is 0 Å². The fraction of sp³-hybridized carbons (Fsp3) is 0.188. The first-order chi connectivity index (χ1) is 9.34. The van der Waals surface area contributed by atoms with Gasteiger partial charge in [0.15, 0.2) is 0 Å². The summed E-state index contributed by atoms with van der Waals surface area (Å²) in [6, 6.07) is 17.2. The number of hydrogen-bond acceptors (Lipinski definition) is 2. The van der Waals surface area contributed by atoms with E-state index in [4.69, 9.17) is 4.74 Å². The summed E-state index contributed by atoms with van der Waals surface area (Å²) in [4.78, 5) is 12.2. The Labute approximate surface area is 112 Å². The Morgan fingerprint density at radius 3 is 2.63 bits per heavy atom. The molecule has 0 saturated heterocycles. The molecule has 1 heterocycles. The van der Waals surface area contributed by atoms with Crippen LogP contribution < -0.4 is 10.1 Å². The molecule has 1 amide bonds. The van der Waals surface area contributed by atoms with E-state index in [0.717, 1.165) is 17.7 Å². The van der Waals surface area contributed by atoms with E-state index < -0.39 is 0 Å². The smallest absolute Gasteiger partial charge is 0.251 e. The third-order valence-corrected chi connectivity index (χ3v) is 3.30. The molecule has 0 bridgehead atoms. The van der Waals surface area contributed by atoms with Crippen LogP contribution in [0.4, 0.5) is 0 Å². The lowest BCUT2D eigenvalue weighted by atomic mass is 10.00. The van der Waals surface area contributed by atoms with E-state index in [1.165, 1.54) is 0 Å². The van der Waals surface area contributed by atoms with Crippen LogP contribution in [0.25, 0.3) is 0 Å². The molecule has 0 unspecified atom stereocenters. The van der Waals surface area contributed by atoms with Crippen molar-refractivity contribution in [2.75, 3.05) is 6.61 Å². The highest BCUT2D eigenvalue weighted by atomic mass is 16.5. The highest BCUT2D eigenvalue weighted by Gasteiger charge is 2.22. The summed E-state index contributed by atoms with van der Waals surface area (Å²) in [5.41, 5.74) is 1.74. The first-order valence-electron chi connectivity index (χ1n) is 6.42. The predicted molar refractivity (Wildman–Crippen MR) is 73.2 cm³/mol. The van der Waals surface area contributed by atoms with Crippen LogP contribution >= 0.6 is 0 Å². The van der Waals surface area contributed by atoms with E-state index in [0.29, 0.717) is 12.2 Å². The van der Waals surface area contributed by atoms with Crippen molar-refractivity contribution in [3.63, 3.8) is 0 Å². The molecule has 0 fully saturated rings. The molecule has 2 aromatic carbocycles. The van der Waals surface area contributed by atoms with Gasteiger partial charge in [-0.15, -0.1) is 0 Å². The van der Waals surface area contributed by atoms with E-state index in [9.17, 15) is 4.79 Å². The molecule has 0 saturated carbocycles. The average molecular weight is 253 g/mol. The largest absolute Gasteiger partial charge is 0.493 e. The van der Waals surface area contributed by atoms with E-state index >= 15 is 0 Å². The highest BCUT2D eigenvalue weighted by molar-refractivity contribution is 5.94. The summed E-state index contributed by atoms with van der Waals surface area (Å²) in [6.07, 6.45) is 0.801. The maximum atomic E-state index is 12.2. The van der Waals surface area contributed by atoms with Gasteiger partial charge < -0.3 is 10.1 Å². The van der Waals surface area contributed by atoms with Crippen molar-refractivity contribution in [2.24, 2.45) is 0 Å². The Hall–Kier alpha value is -2.29. The van der Waals surface area contributed by atoms with Crippen molar-refractivity contribution >= 4 is 5.91 Å². The van der Waals surface area contributed by atoms with Crippen LogP contribution in [0.15, 0.2) is 54.6 Å². The summed E-state index contributed by atoms with van der Waals surface area (Å²) < 4.78 is 5.59. The number of hydrogen-bond donors (Lipinski definition) is 1. The molecule has 3 heteroatoms. The average Bonchev–Trinajstić information content (AvgIpc) is 2.48. The number of carbonyl (C=O) groups excluding carboxylic acids is 1. The predicted octanol–water partition coefficient (Wildman–Crippen LogP) is 2.94. The molecule has 0 aromatic heterocycles. The van der Waals surface area contributed by atoms with Crippen molar-refractivity contribution in [2.45, 2.75) is 12.5 Å². The van der Waals surface area contributed by atoms with E-state index in [2.05, 4.69) is 5.32 Å². The van der Waals surface area contributed by atoms with Crippen molar-refractivity contribution < 1.29 is 9.53 Å². The number of nitrogens with one attached hydrogen (secondary N) is 1. The number of ether oxygens (including phenoxy) is 1. The van der Waals surface area contributed by atoms with Crippen molar-refractivity contribution in [3.05, 3.63) is 65.7 Å². The molecule has 3 rings (SSSR count). The number of carbonyl (C=O) groups is 1. The van der Waals surface area contributed by atoms with Crippen LogP contribution in [0.2, 0.25) is 0 Å². The second-order valence-electron chi connectivity index (χ2n) is 4.57. The molecule has 2 aromatic rings. The normalized spacial score (nSPS) is 17.2. The minimum atomic E-state index is -0.0395. The summed E-state index contributed by atoms with van der Waals surface area (Å²) in [5.74, 6) is 0.828. The van der Waals surface area contributed by atoms with E-state index in [1.54, 1.807) is 0 Å². The molecule has 96 valence electrons. The van der Waals surface area contributed by atoms with Gasteiger partial charge in [-0.2, -0.15) is 0 Å². The minimum absolute atomic E-state index is 0.0256. The maximum Gasteiger partial charge on any atom is 0.251 e. The van der Waals surface area contributed by atoms with Gasteiger partial charge in [-0.25, -0.2) is 0 Å². The highest BCUT2D eigenvalue weighted by Crippen LogP contribution is 2.31. The molecule has 1 N–H and O–H groups in total. The zero-order chi connectivity index (χ0) is 13.1. The van der Waals surface area contributed by atoms with Gasteiger partial charge in [0.25, 0.3) is 5.91 Å². The summed E-state index contributed by atoms with van der Waals surface area (Å²) in [5, 5.41) is 3.07. The molecule has 0 spiro atoms. The van der Waals surface area contributed by atoms with Crippen LogP contribution in [0.1, 0.15) is 28.4 Å². The van der Waals surface area contributed by atoms with Gasteiger partial charge in [0.1, 0.15) is 5.75 Å². The lowest BCUT2D eigenvalue weighted by Crippen LogP contribution is -2.32. The van der Waals surface area contributed by atoms with Gasteiger partial charge in [0, 0.05) is 17.5 Å². The van der Waals surface area contributed by atoms with Crippen LogP contribution in [-0.2, 0) is 0 Å². The first-order valence-corrected chi connectivity index (χ1v) is 6.42. The molecular weight excluding hydrogens is 238 g/mol. The second kappa shape index (κ2) is 5.14. The van der Waals surface area contributed by atoms with Crippen LogP contribution in [0.3, 0.4) is 0 Å². The fourth-order valence-corrected chi connectivity index (χ4v) is 2.32. The zero-order valence-corrected chi connectivity index (χ0v) is 10.5. The summed E-state index contributed by atoms with van der Waals surface area (Å²) >= 11 is 0. The van der Waals surface area contributed by atoms with Gasteiger partial charge in [0.05, 0.1) is 12.6 Å². The quantitative estimate of drug-likeness (QED) is 0.893. The second-order valence-corrected chi connectivity index (χ2v) is 4.57. The lowest BCUT2D eigenvalue weighted by Gasteiger charge is -2.26. The Kier molecular flexibility index (Phi) is 3.19. The topological polar surface area (TPSA) is 38.3 Å². The van der Waals surface area contributed by atoms with E-state index in [-0.39, 0.29) is 11.9 Å². The molecule has 0 radical (unpaired) electrons. The molecule has 1 atom stereocenters. The molecule has 19 heavy (non-hydrogen) atoms. The molecule has 0 aliphatic carbocycles. The number of rotatable bonds is 2. The number of fused-ring (bicyclic) bond motifs is 1. The third kappa shape index (κ3) is 2.45. The number of para-hydroxylation sites is 1. The zero-order valence-electron chi connectivity index (χ0n) is 10.5. The van der Waals surface area contributed by atoms with Gasteiger partial charge in [-0.1, -0.05) is 36.4 Å². The third-order valence-electron chi connectivity index (χ3n) is 3.30. The number of benzene rings is 2. The van der Waals surface area contributed by atoms with Crippen molar-refractivity contribution in [3.8, 4) is 5.75 Å². The standard InChI is InChI=1S/C16H15NO2/c18-16(12-6-2-1-3-7-12)17-14-10-11-19-15-9-5-4-8-13(14)15/h1-9,14H,10-11H2,(H,17,18)/t14-/m0/s1. The van der Waals surface area contributed by atoms with Crippen LogP contribution in [0.5, 0.6) is 5.75 Å². The monoisotopic (exact) mass is 253 g/mol. The summed E-state index contributed by atoms with van der Waals surface area (Å²) in [6.45, 7) is 0.636. The first kappa shape index (κ1) is 11.8. The minimum Gasteiger partial charge on any atom is -0.493 e. The SMILES string of the molecule is O=C(N[C@H]1CCOc2ccccc21)c1ccccc1. The molecule has 1 aliphatic heterocycles. The van der Waals surface area contributed by atoms with E-state index in [1.807, 2.05) is 54.6 Å². The molecule has 3 nitrogen and oxygen atoms in total. The van der Waals surface area contributed by atoms with Gasteiger partial charge in [-0.05, 0) is 18.2 Å². The molecule has 1 aliphatic rings. The Morgan fingerprint density at radius 1 is 1.05 bits per heavy atom.